The third-order valence-electron chi connectivity index (χ3n) is 3.53. The van der Waals surface area contributed by atoms with E-state index in [0.29, 0.717) is 5.75 Å². The van der Waals surface area contributed by atoms with Crippen molar-refractivity contribution in [3.05, 3.63) is 30.5 Å². The zero-order chi connectivity index (χ0) is 12.4. The molecule has 0 unspecified atom stereocenters. The standard InChI is InChI=1S/C14H17N3O/c15-18-14-6-7-16-13-5-4-11(10-12(13)14)17-8-2-1-3-9-17/h4-7,10H,1-3,8-9,15H2. The maximum atomic E-state index is 5.30. The zero-order valence-corrected chi connectivity index (χ0v) is 10.3. The summed E-state index contributed by atoms with van der Waals surface area (Å²) in [7, 11) is 0. The van der Waals surface area contributed by atoms with Crippen molar-refractivity contribution < 1.29 is 4.84 Å². The molecule has 2 N–H and O–H groups in total. The number of anilines is 1. The van der Waals surface area contributed by atoms with Gasteiger partial charge >= 0.3 is 0 Å². The molecule has 0 atom stereocenters. The second kappa shape index (κ2) is 4.82. The number of aromatic nitrogens is 1. The third-order valence-corrected chi connectivity index (χ3v) is 3.53. The SMILES string of the molecule is NOc1ccnc2ccc(N3CCCCC3)cc12. The molecule has 0 saturated carbocycles. The van der Waals surface area contributed by atoms with Gasteiger partial charge in [0, 0.05) is 36.4 Å². The highest BCUT2D eigenvalue weighted by Crippen LogP contribution is 2.29. The van der Waals surface area contributed by atoms with Gasteiger partial charge in [-0.1, -0.05) is 0 Å². The Morgan fingerprint density at radius 2 is 1.94 bits per heavy atom. The molecule has 4 heteroatoms. The highest BCUT2D eigenvalue weighted by Gasteiger charge is 2.12. The fraction of sp³-hybridized carbons (Fsp3) is 0.357. The summed E-state index contributed by atoms with van der Waals surface area (Å²) >= 11 is 0. The summed E-state index contributed by atoms with van der Waals surface area (Å²) in [5.41, 5.74) is 2.15. The minimum absolute atomic E-state index is 0.679. The van der Waals surface area contributed by atoms with E-state index >= 15 is 0 Å². The fourth-order valence-electron chi connectivity index (χ4n) is 2.56. The average Bonchev–Trinajstić information content (AvgIpc) is 2.47. The second-order valence-corrected chi connectivity index (χ2v) is 4.68. The van der Waals surface area contributed by atoms with Gasteiger partial charge in [0.2, 0.25) is 0 Å². The van der Waals surface area contributed by atoms with Gasteiger partial charge in [0.15, 0.2) is 5.75 Å². The third kappa shape index (κ3) is 1.99. The fourth-order valence-corrected chi connectivity index (χ4v) is 2.56. The molecule has 1 fully saturated rings. The first-order valence-electron chi connectivity index (χ1n) is 6.39. The predicted octanol–water partition coefficient (Wildman–Crippen LogP) is 2.48. The minimum Gasteiger partial charge on any atom is -0.411 e. The van der Waals surface area contributed by atoms with Crippen molar-refractivity contribution in [1.82, 2.24) is 4.98 Å². The molecule has 4 nitrogen and oxygen atoms in total. The zero-order valence-electron chi connectivity index (χ0n) is 10.3. The van der Waals surface area contributed by atoms with Crippen LogP contribution in [0.4, 0.5) is 5.69 Å². The van der Waals surface area contributed by atoms with Crippen LogP contribution in [-0.4, -0.2) is 18.1 Å². The quantitative estimate of drug-likeness (QED) is 0.823. The number of pyridine rings is 1. The van der Waals surface area contributed by atoms with Gasteiger partial charge in [-0.05, 0) is 37.5 Å². The Morgan fingerprint density at radius 1 is 1.11 bits per heavy atom. The second-order valence-electron chi connectivity index (χ2n) is 4.68. The van der Waals surface area contributed by atoms with Gasteiger partial charge in [-0.15, -0.1) is 0 Å². The van der Waals surface area contributed by atoms with Crippen molar-refractivity contribution >= 4 is 16.6 Å². The lowest BCUT2D eigenvalue weighted by molar-refractivity contribution is 0.338. The number of hydrogen-bond donors (Lipinski definition) is 1. The molecule has 0 amide bonds. The Labute approximate surface area is 106 Å². The maximum absolute atomic E-state index is 5.30. The highest BCUT2D eigenvalue weighted by molar-refractivity contribution is 5.88. The lowest BCUT2D eigenvalue weighted by atomic mass is 10.1. The molecule has 0 radical (unpaired) electrons. The molecule has 1 aliphatic rings. The normalized spacial score (nSPS) is 15.9. The summed E-state index contributed by atoms with van der Waals surface area (Å²) in [6, 6.07) is 8.07. The molecule has 1 aromatic heterocycles. The number of piperidine rings is 1. The number of fused-ring (bicyclic) bond motifs is 1. The summed E-state index contributed by atoms with van der Waals surface area (Å²) in [6.45, 7) is 2.26. The van der Waals surface area contributed by atoms with Gasteiger partial charge in [0.05, 0.1) is 5.52 Å². The highest BCUT2D eigenvalue weighted by atomic mass is 16.6. The average molecular weight is 243 g/mol. The van der Waals surface area contributed by atoms with Gasteiger partial charge < -0.3 is 9.74 Å². The molecule has 2 aromatic rings. The molecule has 1 aromatic carbocycles. The monoisotopic (exact) mass is 243 g/mol. The van der Waals surface area contributed by atoms with Crippen LogP contribution in [0.5, 0.6) is 5.75 Å². The number of nitrogens with zero attached hydrogens (tertiary/aromatic N) is 2. The Hall–Kier alpha value is -1.81. The molecular weight excluding hydrogens is 226 g/mol. The Kier molecular flexibility index (Phi) is 3.02. The molecular formula is C14H17N3O. The van der Waals surface area contributed by atoms with Crippen molar-refractivity contribution in [2.24, 2.45) is 5.90 Å². The van der Waals surface area contributed by atoms with Crippen molar-refractivity contribution in [1.29, 1.82) is 0 Å². The Morgan fingerprint density at radius 3 is 2.72 bits per heavy atom. The number of nitrogens with two attached hydrogens (primary N) is 1. The molecule has 2 heterocycles. The van der Waals surface area contributed by atoms with Crippen LogP contribution in [0.25, 0.3) is 10.9 Å². The van der Waals surface area contributed by atoms with Crippen LogP contribution in [0.2, 0.25) is 0 Å². The topological polar surface area (TPSA) is 51.4 Å². The molecule has 1 aliphatic heterocycles. The number of benzene rings is 1. The first kappa shape index (κ1) is 11.3. The molecule has 3 rings (SSSR count). The van der Waals surface area contributed by atoms with Gasteiger partial charge in [-0.3, -0.25) is 4.98 Å². The van der Waals surface area contributed by atoms with Crippen molar-refractivity contribution in [3.63, 3.8) is 0 Å². The van der Waals surface area contributed by atoms with E-state index in [0.717, 1.165) is 24.0 Å². The van der Waals surface area contributed by atoms with Crippen LogP contribution in [0.15, 0.2) is 30.5 Å². The van der Waals surface area contributed by atoms with E-state index in [9.17, 15) is 0 Å². The molecule has 0 bridgehead atoms. The lowest BCUT2D eigenvalue weighted by Gasteiger charge is -2.29. The van der Waals surface area contributed by atoms with E-state index in [1.54, 1.807) is 12.3 Å². The van der Waals surface area contributed by atoms with Crippen LogP contribution < -0.4 is 15.6 Å². The molecule has 0 spiro atoms. The summed E-state index contributed by atoms with van der Waals surface area (Å²) in [4.78, 5) is 11.6. The van der Waals surface area contributed by atoms with Crippen LogP contribution >= 0.6 is 0 Å². The summed E-state index contributed by atoms with van der Waals surface area (Å²) in [6.07, 6.45) is 5.59. The number of rotatable bonds is 2. The van der Waals surface area contributed by atoms with Gasteiger partial charge in [0.25, 0.3) is 0 Å². The largest absolute Gasteiger partial charge is 0.411 e. The van der Waals surface area contributed by atoms with Crippen LogP contribution in [0.3, 0.4) is 0 Å². The summed E-state index contributed by atoms with van der Waals surface area (Å²) in [5, 5.41) is 0.975. The molecule has 94 valence electrons. The summed E-state index contributed by atoms with van der Waals surface area (Å²) in [5.74, 6) is 5.98. The van der Waals surface area contributed by atoms with E-state index in [-0.39, 0.29) is 0 Å². The maximum Gasteiger partial charge on any atom is 0.157 e. The minimum atomic E-state index is 0.679. The van der Waals surface area contributed by atoms with Crippen molar-refractivity contribution in [2.45, 2.75) is 19.3 Å². The van der Waals surface area contributed by atoms with Crippen LogP contribution in [0, 0.1) is 0 Å². The predicted molar refractivity (Wildman–Crippen MR) is 72.6 cm³/mol. The number of hydrogen-bond acceptors (Lipinski definition) is 4. The van der Waals surface area contributed by atoms with Gasteiger partial charge in [-0.2, -0.15) is 5.90 Å². The Balaban J connectivity index is 2.03. The van der Waals surface area contributed by atoms with Crippen molar-refractivity contribution in [2.75, 3.05) is 18.0 Å². The van der Waals surface area contributed by atoms with Crippen LogP contribution in [0.1, 0.15) is 19.3 Å². The lowest BCUT2D eigenvalue weighted by Crippen LogP contribution is -2.29. The Bertz CT molecular complexity index is 550. The van der Waals surface area contributed by atoms with E-state index < -0.39 is 0 Å². The smallest absolute Gasteiger partial charge is 0.157 e. The van der Waals surface area contributed by atoms with E-state index in [4.69, 9.17) is 10.7 Å². The van der Waals surface area contributed by atoms with Gasteiger partial charge in [0.1, 0.15) is 0 Å². The summed E-state index contributed by atoms with van der Waals surface area (Å²) < 4.78 is 0. The molecule has 1 saturated heterocycles. The van der Waals surface area contributed by atoms with E-state index in [2.05, 4.69) is 22.0 Å². The van der Waals surface area contributed by atoms with Crippen molar-refractivity contribution in [3.8, 4) is 5.75 Å². The van der Waals surface area contributed by atoms with E-state index in [1.807, 2.05) is 6.07 Å². The first-order valence-corrected chi connectivity index (χ1v) is 6.39. The molecule has 0 aliphatic carbocycles. The van der Waals surface area contributed by atoms with E-state index in [1.165, 1.54) is 24.9 Å². The van der Waals surface area contributed by atoms with Crippen LogP contribution in [-0.2, 0) is 0 Å². The van der Waals surface area contributed by atoms with Gasteiger partial charge in [-0.25, -0.2) is 0 Å². The first-order chi connectivity index (χ1) is 8.88. The molecule has 18 heavy (non-hydrogen) atoms.